The number of allylic oxidation sites excluding steroid dienone is 3. The molecule has 3 nitrogen and oxygen atoms in total. The Morgan fingerprint density at radius 2 is 2.09 bits per heavy atom. The lowest BCUT2D eigenvalue weighted by atomic mass is 10.2. The van der Waals surface area contributed by atoms with E-state index in [1.165, 1.54) is 25.2 Å². The van der Waals surface area contributed by atoms with Crippen molar-refractivity contribution < 1.29 is 22.3 Å². The van der Waals surface area contributed by atoms with Crippen molar-refractivity contribution in [2.75, 3.05) is 7.11 Å². The van der Waals surface area contributed by atoms with Gasteiger partial charge in [-0.05, 0) is 26.3 Å². The van der Waals surface area contributed by atoms with Gasteiger partial charge in [0, 0.05) is 11.1 Å². The summed E-state index contributed by atoms with van der Waals surface area (Å²) in [5.74, 6) is -2.22. The number of alkyl halides is 3. The van der Waals surface area contributed by atoms with Gasteiger partial charge in [-0.25, -0.2) is 14.4 Å². The highest BCUT2D eigenvalue weighted by atomic mass is 32.1. The second kappa shape index (κ2) is 7.53. The summed E-state index contributed by atoms with van der Waals surface area (Å²) in [6.45, 7) is 4.78. The van der Waals surface area contributed by atoms with Gasteiger partial charge in [0.1, 0.15) is 10.8 Å². The van der Waals surface area contributed by atoms with Crippen LogP contribution in [-0.2, 0) is 4.74 Å². The number of halogens is 4. The molecule has 0 saturated carbocycles. The lowest BCUT2D eigenvalue weighted by molar-refractivity contribution is -0.0944. The highest BCUT2D eigenvalue weighted by Crippen LogP contribution is 2.35. The molecule has 0 spiro atoms. The Morgan fingerprint density at radius 1 is 1.45 bits per heavy atom. The Bertz CT molecular complexity index is 615. The maximum atomic E-state index is 13.8. The fourth-order valence-electron chi connectivity index (χ4n) is 1.56. The largest absolute Gasteiger partial charge is 0.480 e. The molecule has 0 aliphatic carbocycles. The summed E-state index contributed by atoms with van der Waals surface area (Å²) in [6.07, 6.45) is -3.96. The lowest BCUT2D eigenvalue weighted by Gasteiger charge is -2.13. The van der Waals surface area contributed by atoms with Gasteiger partial charge >= 0.3 is 6.18 Å². The minimum atomic E-state index is -4.91. The summed E-state index contributed by atoms with van der Waals surface area (Å²) < 4.78 is 57.7. The van der Waals surface area contributed by atoms with Crippen LogP contribution in [0, 0.1) is 6.92 Å². The van der Waals surface area contributed by atoms with Gasteiger partial charge in [0.25, 0.3) is 0 Å². The summed E-state index contributed by atoms with van der Waals surface area (Å²) in [4.78, 5) is 7.89. The number of aliphatic imine (C=N–C) groups is 1. The van der Waals surface area contributed by atoms with Gasteiger partial charge in [0.2, 0.25) is 5.88 Å². The second-order valence-electron chi connectivity index (χ2n) is 4.33. The van der Waals surface area contributed by atoms with E-state index in [4.69, 9.17) is 0 Å². The number of aromatic nitrogens is 1. The van der Waals surface area contributed by atoms with E-state index >= 15 is 0 Å². The van der Waals surface area contributed by atoms with Crippen LogP contribution in [0.5, 0.6) is 0 Å². The zero-order valence-corrected chi connectivity index (χ0v) is 13.4. The van der Waals surface area contributed by atoms with Gasteiger partial charge in [-0.1, -0.05) is 6.92 Å². The molecule has 0 fully saturated rings. The second-order valence-corrected chi connectivity index (χ2v) is 5.19. The Labute approximate surface area is 130 Å². The number of thiazole rings is 1. The van der Waals surface area contributed by atoms with Crippen molar-refractivity contribution >= 4 is 17.0 Å². The van der Waals surface area contributed by atoms with E-state index < -0.39 is 23.5 Å². The number of hydrogen-bond acceptors (Lipinski definition) is 4. The quantitative estimate of drug-likeness (QED) is 0.330. The summed E-state index contributed by atoms with van der Waals surface area (Å²) in [5, 5.41) is 2.20. The first-order chi connectivity index (χ1) is 10.2. The molecule has 0 atom stereocenters. The van der Waals surface area contributed by atoms with Crippen molar-refractivity contribution in [3.05, 3.63) is 39.4 Å². The van der Waals surface area contributed by atoms with E-state index in [9.17, 15) is 17.6 Å². The molecule has 122 valence electrons. The minimum absolute atomic E-state index is 0.122. The first-order valence-corrected chi connectivity index (χ1v) is 7.27. The van der Waals surface area contributed by atoms with E-state index in [-0.39, 0.29) is 12.1 Å². The highest BCUT2D eigenvalue weighted by Gasteiger charge is 2.40. The molecule has 0 aliphatic rings. The summed E-state index contributed by atoms with van der Waals surface area (Å²) in [6, 6.07) is 0. The van der Waals surface area contributed by atoms with Gasteiger partial charge in [0.05, 0.1) is 12.8 Å². The predicted octanol–water partition coefficient (Wildman–Crippen LogP) is 4.94. The fraction of sp³-hybridized carbons (Fsp3) is 0.429. The lowest BCUT2D eigenvalue weighted by Crippen LogP contribution is -2.16. The molecule has 0 aromatic carbocycles. The average molecular weight is 336 g/mol. The monoisotopic (exact) mass is 336 g/mol. The summed E-state index contributed by atoms with van der Waals surface area (Å²) in [5.41, 5.74) is -0.573. The molecule has 8 heteroatoms. The van der Waals surface area contributed by atoms with Crippen molar-refractivity contribution in [3.8, 4) is 0 Å². The van der Waals surface area contributed by atoms with Crippen LogP contribution < -0.4 is 0 Å². The predicted molar refractivity (Wildman–Crippen MR) is 78.6 cm³/mol. The van der Waals surface area contributed by atoms with Gasteiger partial charge < -0.3 is 4.74 Å². The zero-order chi connectivity index (χ0) is 16.9. The van der Waals surface area contributed by atoms with Gasteiger partial charge in [-0.15, -0.1) is 11.3 Å². The van der Waals surface area contributed by atoms with Crippen molar-refractivity contribution in [3.63, 3.8) is 0 Å². The molecule has 22 heavy (non-hydrogen) atoms. The van der Waals surface area contributed by atoms with Gasteiger partial charge in [-0.2, -0.15) is 13.2 Å². The Balaban J connectivity index is 3.42. The third-order valence-corrected chi connectivity index (χ3v) is 3.58. The highest BCUT2D eigenvalue weighted by molar-refractivity contribution is 7.11. The van der Waals surface area contributed by atoms with Crippen molar-refractivity contribution in [1.82, 2.24) is 4.98 Å². The number of nitrogens with zero attached hydrogens (tertiary/aromatic N) is 2. The van der Waals surface area contributed by atoms with Gasteiger partial charge in [0.15, 0.2) is 5.57 Å². The molecule has 0 amide bonds. The molecule has 0 bridgehead atoms. The number of hydrogen-bond donors (Lipinski definition) is 0. The SMILES string of the molecule is CC/C=C(F)/C(=C(\N=C(C)c1nc(C)cs1)OC)C(F)(F)F. The van der Waals surface area contributed by atoms with E-state index in [0.717, 1.165) is 18.9 Å². The molecule has 0 saturated heterocycles. The van der Waals surface area contributed by atoms with Crippen molar-refractivity contribution in [2.45, 2.75) is 33.4 Å². The molecule has 0 radical (unpaired) electrons. The third kappa shape index (κ3) is 4.66. The first-order valence-electron chi connectivity index (χ1n) is 6.40. The van der Waals surface area contributed by atoms with Crippen LogP contribution in [0.2, 0.25) is 0 Å². The first kappa shape index (κ1) is 18.3. The van der Waals surface area contributed by atoms with Crippen LogP contribution in [0.1, 0.15) is 31.0 Å². The van der Waals surface area contributed by atoms with Crippen LogP contribution in [-0.4, -0.2) is 24.0 Å². The van der Waals surface area contributed by atoms with Crippen LogP contribution >= 0.6 is 11.3 Å². The van der Waals surface area contributed by atoms with Crippen LogP contribution in [0.15, 0.2) is 33.7 Å². The maximum absolute atomic E-state index is 13.8. The number of ether oxygens (including phenoxy) is 1. The standard InChI is InChI=1S/C14H16F4N2OS/c1-5-6-10(15)11(14(16,17)18)12(21-4)20-9(3)13-19-8(2)7-22-13/h6-7H,5H2,1-4H3/b10-6-,12-11-,20-9?. The normalized spacial score (nSPS) is 14.9. The molecule has 0 N–H and O–H groups in total. The topological polar surface area (TPSA) is 34.5 Å². The molecule has 1 aromatic rings. The van der Waals surface area contributed by atoms with Crippen LogP contribution in [0.25, 0.3) is 0 Å². The fourth-order valence-corrected chi connectivity index (χ4v) is 2.31. The molecule has 0 aliphatic heterocycles. The van der Waals surface area contributed by atoms with Gasteiger partial charge in [-0.3, -0.25) is 0 Å². The Hall–Kier alpha value is -1.70. The van der Waals surface area contributed by atoms with E-state index in [2.05, 4.69) is 14.7 Å². The number of methoxy groups -OCH3 is 1. The third-order valence-electron chi connectivity index (χ3n) is 2.51. The molecular weight excluding hydrogens is 320 g/mol. The average Bonchev–Trinajstić information content (AvgIpc) is 2.83. The van der Waals surface area contributed by atoms with E-state index in [0.29, 0.717) is 5.01 Å². The van der Waals surface area contributed by atoms with Crippen LogP contribution in [0.4, 0.5) is 17.6 Å². The minimum Gasteiger partial charge on any atom is -0.480 e. The van der Waals surface area contributed by atoms with Crippen molar-refractivity contribution in [1.29, 1.82) is 0 Å². The zero-order valence-electron chi connectivity index (χ0n) is 12.6. The Kier molecular flexibility index (Phi) is 6.28. The summed E-state index contributed by atoms with van der Waals surface area (Å²) >= 11 is 1.24. The number of rotatable bonds is 5. The summed E-state index contributed by atoms with van der Waals surface area (Å²) in [7, 11) is 1.02. The Morgan fingerprint density at radius 3 is 2.50 bits per heavy atom. The smallest absolute Gasteiger partial charge is 0.424 e. The molecule has 1 aromatic heterocycles. The maximum Gasteiger partial charge on any atom is 0.424 e. The van der Waals surface area contributed by atoms with Crippen LogP contribution in [0.3, 0.4) is 0 Å². The van der Waals surface area contributed by atoms with E-state index in [1.807, 2.05) is 0 Å². The number of aryl methyl sites for hydroxylation is 1. The molecular formula is C14H16F4N2OS. The van der Waals surface area contributed by atoms with Crippen molar-refractivity contribution in [2.24, 2.45) is 4.99 Å². The van der Waals surface area contributed by atoms with E-state index in [1.54, 1.807) is 12.3 Å². The molecule has 0 unspecified atom stereocenters. The molecule has 1 rings (SSSR count). The molecule has 1 heterocycles.